The lowest BCUT2D eigenvalue weighted by molar-refractivity contribution is 0.607. The molecule has 0 fully saturated rings. The van der Waals surface area contributed by atoms with Crippen molar-refractivity contribution in [3.05, 3.63) is 45.1 Å². The molecule has 0 radical (unpaired) electrons. The summed E-state index contributed by atoms with van der Waals surface area (Å²) < 4.78 is 25.8. The van der Waals surface area contributed by atoms with Gasteiger partial charge in [0.15, 0.2) is 0 Å². The molecule has 1 aromatic heterocycles. The molecule has 0 amide bonds. The first-order valence-corrected chi connectivity index (χ1v) is 9.48. The first kappa shape index (κ1) is 16.1. The van der Waals surface area contributed by atoms with Gasteiger partial charge in [0.2, 0.25) is 10.0 Å². The molecule has 114 valence electrons. The fourth-order valence-electron chi connectivity index (χ4n) is 1.95. The Hall–Kier alpha value is -1.24. The molecule has 0 spiro atoms. The molecule has 1 heterocycles. The molecule has 2 N–H and O–H groups in total. The topological polar surface area (TPSA) is 58.2 Å². The lowest BCUT2D eigenvalue weighted by atomic mass is 10.1. The van der Waals surface area contributed by atoms with E-state index >= 15 is 0 Å². The van der Waals surface area contributed by atoms with E-state index in [4.69, 9.17) is 11.6 Å². The van der Waals surface area contributed by atoms with E-state index in [1.807, 2.05) is 30.5 Å². The maximum absolute atomic E-state index is 11.3. The Morgan fingerprint density at radius 1 is 1.29 bits per heavy atom. The standard InChI is InChI=1S/C14H17ClN2O2S2/c1-9-6-12(4-5-13(9)17-21(3,18)19)16-10(2)11-7-14(15)20-8-11/h4-8,10,16-17H,1-3H3. The van der Waals surface area contributed by atoms with Gasteiger partial charge in [0.05, 0.1) is 16.3 Å². The number of halogens is 1. The van der Waals surface area contributed by atoms with Crippen LogP contribution in [-0.4, -0.2) is 14.7 Å². The van der Waals surface area contributed by atoms with Crippen molar-refractivity contribution in [2.24, 2.45) is 0 Å². The number of nitrogens with one attached hydrogen (secondary N) is 2. The van der Waals surface area contributed by atoms with Gasteiger partial charge >= 0.3 is 0 Å². The minimum Gasteiger partial charge on any atom is -0.378 e. The lowest BCUT2D eigenvalue weighted by Gasteiger charge is -2.16. The minimum atomic E-state index is -3.26. The maximum atomic E-state index is 11.3. The average molecular weight is 345 g/mol. The summed E-state index contributed by atoms with van der Waals surface area (Å²) in [6.07, 6.45) is 1.14. The quantitative estimate of drug-likeness (QED) is 0.852. The van der Waals surface area contributed by atoms with Gasteiger partial charge in [-0.25, -0.2) is 8.42 Å². The zero-order chi connectivity index (χ0) is 15.6. The van der Waals surface area contributed by atoms with Gasteiger partial charge in [-0.3, -0.25) is 4.72 Å². The summed E-state index contributed by atoms with van der Waals surface area (Å²) in [7, 11) is -3.26. The number of rotatable bonds is 5. The highest BCUT2D eigenvalue weighted by atomic mass is 35.5. The van der Waals surface area contributed by atoms with E-state index in [9.17, 15) is 8.42 Å². The van der Waals surface area contributed by atoms with Crippen molar-refractivity contribution in [3.8, 4) is 0 Å². The molecule has 4 nitrogen and oxygen atoms in total. The van der Waals surface area contributed by atoms with Crippen LogP contribution >= 0.6 is 22.9 Å². The van der Waals surface area contributed by atoms with E-state index in [2.05, 4.69) is 17.0 Å². The second-order valence-electron chi connectivity index (χ2n) is 4.95. The molecule has 0 aliphatic rings. The van der Waals surface area contributed by atoms with Gasteiger partial charge in [-0.1, -0.05) is 11.6 Å². The molecule has 1 aromatic carbocycles. The number of hydrogen-bond acceptors (Lipinski definition) is 4. The van der Waals surface area contributed by atoms with Crippen molar-refractivity contribution < 1.29 is 8.42 Å². The van der Waals surface area contributed by atoms with E-state index in [1.54, 1.807) is 6.07 Å². The lowest BCUT2D eigenvalue weighted by Crippen LogP contribution is -2.11. The van der Waals surface area contributed by atoms with Crippen LogP contribution in [0.15, 0.2) is 29.6 Å². The van der Waals surface area contributed by atoms with E-state index in [-0.39, 0.29) is 6.04 Å². The molecule has 0 saturated carbocycles. The van der Waals surface area contributed by atoms with Crippen molar-refractivity contribution in [3.63, 3.8) is 0 Å². The van der Waals surface area contributed by atoms with Crippen LogP contribution in [0.1, 0.15) is 24.1 Å². The fraction of sp³-hybridized carbons (Fsp3) is 0.286. The summed E-state index contributed by atoms with van der Waals surface area (Å²) in [4.78, 5) is 0. The summed E-state index contributed by atoms with van der Waals surface area (Å²) in [5.74, 6) is 0. The molecule has 21 heavy (non-hydrogen) atoms. The van der Waals surface area contributed by atoms with Crippen molar-refractivity contribution in [2.45, 2.75) is 19.9 Å². The first-order chi connectivity index (χ1) is 9.74. The Morgan fingerprint density at radius 2 is 2.00 bits per heavy atom. The second kappa shape index (κ2) is 6.25. The van der Waals surface area contributed by atoms with Crippen LogP contribution in [0.5, 0.6) is 0 Å². The van der Waals surface area contributed by atoms with Gasteiger partial charge in [-0.05, 0) is 54.6 Å². The Bertz CT molecular complexity index is 741. The molecule has 7 heteroatoms. The predicted molar refractivity (Wildman–Crippen MR) is 91.0 cm³/mol. The average Bonchev–Trinajstić information content (AvgIpc) is 2.78. The Labute approximate surface area is 134 Å². The zero-order valence-corrected chi connectivity index (χ0v) is 14.4. The zero-order valence-electron chi connectivity index (χ0n) is 12.0. The van der Waals surface area contributed by atoms with Crippen molar-refractivity contribution in [1.82, 2.24) is 0 Å². The maximum Gasteiger partial charge on any atom is 0.229 e. The van der Waals surface area contributed by atoms with Gasteiger partial charge < -0.3 is 5.32 Å². The van der Waals surface area contributed by atoms with Crippen LogP contribution in [-0.2, 0) is 10.0 Å². The number of sulfonamides is 1. The van der Waals surface area contributed by atoms with Gasteiger partial charge in [0, 0.05) is 11.7 Å². The minimum absolute atomic E-state index is 0.127. The predicted octanol–water partition coefficient (Wildman–Crippen LogP) is 4.25. The SMILES string of the molecule is Cc1cc(NC(C)c2csc(Cl)c2)ccc1NS(C)(=O)=O. The number of aryl methyl sites for hydroxylation is 1. The van der Waals surface area contributed by atoms with Gasteiger partial charge in [-0.2, -0.15) is 0 Å². The second-order valence-corrected chi connectivity index (χ2v) is 8.25. The normalized spacial score (nSPS) is 13.0. The molecule has 0 saturated heterocycles. The summed E-state index contributed by atoms with van der Waals surface area (Å²) >= 11 is 7.44. The number of hydrogen-bond donors (Lipinski definition) is 2. The third-order valence-corrected chi connectivity index (χ3v) is 4.69. The van der Waals surface area contributed by atoms with Gasteiger partial charge in [0.25, 0.3) is 0 Å². The first-order valence-electron chi connectivity index (χ1n) is 6.33. The van der Waals surface area contributed by atoms with Crippen LogP contribution in [0.2, 0.25) is 4.34 Å². The third kappa shape index (κ3) is 4.62. The smallest absolute Gasteiger partial charge is 0.229 e. The third-order valence-electron chi connectivity index (χ3n) is 2.99. The van der Waals surface area contributed by atoms with Gasteiger partial charge in [0.1, 0.15) is 0 Å². The molecule has 2 rings (SSSR count). The number of thiophene rings is 1. The molecule has 0 bridgehead atoms. The van der Waals surface area contributed by atoms with Crippen LogP contribution in [0, 0.1) is 6.92 Å². The van der Waals surface area contributed by atoms with Crippen LogP contribution in [0.25, 0.3) is 0 Å². The molecular weight excluding hydrogens is 328 g/mol. The van der Waals surface area contributed by atoms with E-state index in [1.165, 1.54) is 11.3 Å². The van der Waals surface area contributed by atoms with Crippen molar-refractivity contribution in [2.75, 3.05) is 16.3 Å². The highest BCUT2D eigenvalue weighted by Gasteiger charge is 2.09. The Kier molecular flexibility index (Phi) is 4.81. The Morgan fingerprint density at radius 3 is 2.52 bits per heavy atom. The molecule has 0 aliphatic carbocycles. The van der Waals surface area contributed by atoms with Gasteiger partial charge in [-0.15, -0.1) is 11.3 Å². The van der Waals surface area contributed by atoms with E-state index in [0.717, 1.165) is 27.4 Å². The fourth-order valence-corrected chi connectivity index (χ4v) is 3.56. The van der Waals surface area contributed by atoms with Crippen molar-refractivity contribution >= 4 is 44.3 Å². The highest BCUT2D eigenvalue weighted by Crippen LogP contribution is 2.28. The van der Waals surface area contributed by atoms with Crippen LogP contribution < -0.4 is 10.0 Å². The highest BCUT2D eigenvalue weighted by molar-refractivity contribution is 7.92. The summed E-state index contributed by atoms with van der Waals surface area (Å²) in [6, 6.07) is 7.59. The molecular formula is C14H17ClN2O2S2. The number of anilines is 2. The van der Waals surface area contributed by atoms with E-state index < -0.39 is 10.0 Å². The largest absolute Gasteiger partial charge is 0.378 e. The molecule has 2 aromatic rings. The van der Waals surface area contributed by atoms with Crippen molar-refractivity contribution in [1.29, 1.82) is 0 Å². The number of benzene rings is 1. The molecule has 0 aliphatic heterocycles. The van der Waals surface area contributed by atoms with Crippen LogP contribution in [0.3, 0.4) is 0 Å². The Balaban J connectivity index is 2.13. The summed E-state index contributed by atoms with van der Waals surface area (Å²) in [5, 5.41) is 5.39. The monoisotopic (exact) mass is 344 g/mol. The summed E-state index contributed by atoms with van der Waals surface area (Å²) in [5.41, 5.74) is 3.51. The van der Waals surface area contributed by atoms with Crippen LogP contribution in [0.4, 0.5) is 11.4 Å². The molecule has 1 atom stereocenters. The molecule has 1 unspecified atom stereocenters. The van der Waals surface area contributed by atoms with E-state index in [0.29, 0.717) is 5.69 Å². The summed E-state index contributed by atoms with van der Waals surface area (Å²) in [6.45, 7) is 3.92.